The van der Waals surface area contributed by atoms with E-state index in [1.54, 1.807) is 0 Å². The second kappa shape index (κ2) is 9.03. The number of benzene rings is 4. The van der Waals surface area contributed by atoms with Crippen molar-refractivity contribution < 1.29 is 15.3 Å². The van der Waals surface area contributed by atoms with Crippen molar-refractivity contribution in [2.24, 2.45) is 0 Å². The maximum absolute atomic E-state index is 11.3. The molecule has 0 aromatic heterocycles. The Bertz CT molecular complexity index is 1190. The number of hydrogen-bond donors (Lipinski definition) is 3. The number of aromatic hydroxyl groups is 3. The van der Waals surface area contributed by atoms with Crippen LogP contribution in [0.25, 0.3) is 11.1 Å². The van der Waals surface area contributed by atoms with Crippen LogP contribution in [0, 0.1) is 27.7 Å². The maximum Gasteiger partial charge on any atom is 0.122 e. The lowest BCUT2D eigenvalue weighted by Gasteiger charge is -2.16. The minimum absolute atomic E-state index is 0.293. The lowest BCUT2D eigenvalue weighted by atomic mass is 9.91. The van der Waals surface area contributed by atoms with E-state index in [1.807, 2.05) is 70.2 Å². The van der Waals surface area contributed by atoms with E-state index in [0.29, 0.717) is 30.1 Å². The molecule has 0 radical (unpaired) electrons. The fourth-order valence-electron chi connectivity index (χ4n) is 4.56. The molecule has 0 aliphatic rings. The van der Waals surface area contributed by atoms with Crippen LogP contribution in [0.3, 0.4) is 0 Å². The van der Waals surface area contributed by atoms with Crippen molar-refractivity contribution in [3.63, 3.8) is 0 Å². The Morgan fingerprint density at radius 1 is 0.485 bits per heavy atom. The topological polar surface area (TPSA) is 60.7 Å². The Balaban J connectivity index is 1.81. The van der Waals surface area contributed by atoms with Gasteiger partial charge in [-0.05, 0) is 95.5 Å². The van der Waals surface area contributed by atoms with Crippen LogP contribution in [0.4, 0.5) is 0 Å². The Kier molecular flexibility index (Phi) is 6.15. The van der Waals surface area contributed by atoms with Crippen molar-refractivity contribution in [1.82, 2.24) is 0 Å². The molecule has 0 aliphatic heterocycles. The molecule has 0 aliphatic carbocycles. The van der Waals surface area contributed by atoms with Gasteiger partial charge in [0.25, 0.3) is 0 Å². The lowest BCUT2D eigenvalue weighted by Crippen LogP contribution is -1.98. The van der Waals surface area contributed by atoms with Gasteiger partial charge in [0.2, 0.25) is 0 Å². The normalized spacial score (nSPS) is 11.0. The van der Waals surface area contributed by atoms with Gasteiger partial charge in [0, 0.05) is 12.8 Å². The van der Waals surface area contributed by atoms with Crippen molar-refractivity contribution in [2.75, 3.05) is 0 Å². The second-order valence-corrected chi connectivity index (χ2v) is 9.02. The highest BCUT2D eigenvalue weighted by atomic mass is 16.3. The third-order valence-corrected chi connectivity index (χ3v) is 6.27. The van der Waals surface area contributed by atoms with E-state index in [1.165, 1.54) is 0 Å². The zero-order chi connectivity index (χ0) is 23.7. The average molecular weight is 439 g/mol. The van der Waals surface area contributed by atoms with Gasteiger partial charge in [0.15, 0.2) is 0 Å². The number of hydrogen-bond acceptors (Lipinski definition) is 3. The first-order chi connectivity index (χ1) is 15.7. The van der Waals surface area contributed by atoms with Gasteiger partial charge in [0.1, 0.15) is 17.2 Å². The first-order valence-electron chi connectivity index (χ1n) is 11.2. The van der Waals surface area contributed by atoms with Crippen molar-refractivity contribution >= 4 is 0 Å². The summed E-state index contributed by atoms with van der Waals surface area (Å²) in [6.45, 7) is 7.58. The van der Waals surface area contributed by atoms with Crippen molar-refractivity contribution in [2.45, 2.75) is 40.5 Å². The minimum atomic E-state index is 0.293. The van der Waals surface area contributed by atoms with Gasteiger partial charge in [-0.1, -0.05) is 54.6 Å². The molecule has 0 heterocycles. The molecular formula is C30H30O3. The van der Waals surface area contributed by atoms with Gasteiger partial charge in [-0.15, -0.1) is 0 Å². The van der Waals surface area contributed by atoms with E-state index in [9.17, 15) is 15.3 Å². The summed E-state index contributed by atoms with van der Waals surface area (Å²) in [7, 11) is 0. The Labute approximate surface area is 195 Å². The highest BCUT2D eigenvalue weighted by molar-refractivity contribution is 5.68. The summed E-state index contributed by atoms with van der Waals surface area (Å²) in [4.78, 5) is 0. The number of rotatable bonds is 5. The summed E-state index contributed by atoms with van der Waals surface area (Å²) in [5.41, 5.74) is 9.27. The van der Waals surface area contributed by atoms with Crippen LogP contribution in [0.2, 0.25) is 0 Å². The van der Waals surface area contributed by atoms with Crippen LogP contribution in [0.15, 0.2) is 66.7 Å². The molecule has 0 bridgehead atoms. The average Bonchev–Trinajstić information content (AvgIpc) is 2.79. The van der Waals surface area contributed by atoms with Crippen LogP contribution in [0.1, 0.15) is 44.5 Å². The van der Waals surface area contributed by atoms with Crippen LogP contribution in [0.5, 0.6) is 17.2 Å². The van der Waals surface area contributed by atoms with E-state index < -0.39 is 0 Å². The molecule has 0 amide bonds. The number of aryl methyl sites for hydroxylation is 4. The number of phenolic OH excluding ortho intramolecular Hbond substituents is 3. The molecule has 0 atom stereocenters. The molecule has 0 saturated carbocycles. The molecule has 0 fully saturated rings. The monoisotopic (exact) mass is 438 g/mol. The summed E-state index contributed by atoms with van der Waals surface area (Å²) >= 11 is 0. The highest BCUT2D eigenvalue weighted by Gasteiger charge is 2.15. The summed E-state index contributed by atoms with van der Waals surface area (Å²) < 4.78 is 0. The van der Waals surface area contributed by atoms with E-state index in [-0.39, 0.29) is 0 Å². The third-order valence-electron chi connectivity index (χ3n) is 6.27. The Hall–Kier alpha value is -3.72. The van der Waals surface area contributed by atoms with Gasteiger partial charge in [-0.2, -0.15) is 0 Å². The molecule has 0 unspecified atom stereocenters. The Morgan fingerprint density at radius 2 is 0.879 bits per heavy atom. The fraction of sp³-hybridized carbons (Fsp3) is 0.200. The Morgan fingerprint density at radius 3 is 1.27 bits per heavy atom. The molecule has 0 saturated heterocycles. The van der Waals surface area contributed by atoms with Crippen LogP contribution < -0.4 is 0 Å². The summed E-state index contributed by atoms with van der Waals surface area (Å²) in [5.74, 6) is 0.931. The second-order valence-electron chi connectivity index (χ2n) is 9.02. The van der Waals surface area contributed by atoms with Gasteiger partial charge in [0.05, 0.1) is 0 Å². The summed E-state index contributed by atoms with van der Waals surface area (Å²) in [6.07, 6.45) is 1.13. The summed E-state index contributed by atoms with van der Waals surface area (Å²) in [5, 5.41) is 31.6. The molecule has 3 heteroatoms. The molecule has 3 N–H and O–H groups in total. The highest BCUT2D eigenvalue weighted by Crippen LogP contribution is 2.35. The molecule has 3 nitrogen and oxygen atoms in total. The van der Waals surface area contributed by atoms with Crippen LogP contribution >= 0.6 is 0 Å². The first-order valence-corrected chi connectivity index (χ1v) is 11.2. The van der Waals surface area contributed by atoms with Gasteiger partial charge < -0.3 is 15.3 Å². The van der Waals surface area contributed by atoms with Crippen molar-refractivity contribution in [3.8, 4) is 28.4 Å². The van der Waals surface area contributed by atoms with Crippen LogP contribution in [-0.2, 0) is 12.8 Å². The van der Waals surface area contributed by atoms with E-state index in [4.69, 9.17) is 0 Å². The maximum atomic E-state index is 11.3. The zero-order valence-corrected chi connectivity index (χ0v) is 19.6. The van der Waals surface area contributed by atoms with E-state index in [2.05, 4.69) is 24.3 Å². The molecule has 33 heavy (non-hydrogen) atoms. The van der Waals surface area contributed by atoms with Crippen molar-refractivity contribution in [1.29, 1.82) is 0 Å². The zero-order valence-electron chi connectivity index (χ0n) is 19.6. The van der Waals surface area contributed by atoms with E-state index in [0.717, 1.165) is 55.6 Å². The first kappa shape index (κ1) is 22.5. The smallest absolute Gasteiger partial charge is 0.122 e. The number of phenols is 3. The minimum Gasteiger partial charge on any atom is -0.507 e. The SMILES string of the molecule is Cc1cc(Cc2cc(-c3ccccc3)cc(Cc3cc(C)c(O)c(C)c3)c2O)cc(C)c1O. The largest absolute Gasteiger partial charge is 0.507 e. The van der Waals surface area contributed by atoms with Crippen LogP contribution in [-0.4, -0.2) is 15.3 Å². The van der Waals surface area contributed by atoms with Crippen molar-refractivity contribution in [3.05, 3.63) is 111 Å². The molecule has 4 aromatic rings. The quantitative estimate of drug-likeness (QED) is 0.318. The molecule has 0 spiro atoms. The molecule has 4 rings (SSSR count). The summed E-state index contributed by atoms with van der Waals surface area (Å²) in [6, 6.07) is 22.2. The van der Waals surface area contributed by atoms with E-state index >= 15 is 0 Å². The molecular weight excluding hydrogens is 408 g/mol. The third kappa shape index (κ3) is 4.73. The predicted molar refractivity (Wildman–Crippen MR) is 134 cm³/mol. The van der Waals surface area contributed by atoms with Gasteiger partial charge in [-0.25, -0.2) is 0 Å². The van der Waals surface area contributed by atoms with Gasteiger partial charge in [-0.3, -0.25) is 0 Å². The fourth-order valence-corrected chi connectivity index (χ4v) is 4.56. The molecule has 4 aromatic carbocycles. The van der Waals surface area contributed by atoms with Gasteiger partial charge >= 0.3 is 0 Å². The lowest BCUT2D eigenvalue weighted by molar-refractivity contribution is 0.463. The predicted octanol–water partition coefficient (Wildman–Crippen LogP) is 6.89. The standard InChI is InChI=1S/C30H30O3/c1-18-10-22(11-19(2)28(18)31)14-26-16-25(24-8-6-5-7-9-24)17-27(30(26)33)15-23-12-20(3)29(32)21(4)13-23/h5-13,16-17,31-33H,14-15H2,1-4H3. The molecule has 168 valence electrons.